The van der Waals surface area contributed by atoms with Gasteiger partial charge in [-0.25, -0.2) is 0 Å². The van der Waals surface area contributed by atoms with Crippen LogP contribution in [0, 0.1) is 0 Å². The molecular weight excluding hydrogens is 326 g/mol. The fourth-order valence-electron chi connectivity index (χ4n) is 2.49. The minimum absolute atomic E-state index is 0.0581. The summed E-state index contributed by atoms with van der Waals surface area (Å²) in [6.45, 7) is -0.0581. The van der Waals surface area contributed by atoms with E-state index in [1.165, 1.54) is 12.0 Å². The second kappa shape index (κ2) is 8.50. The Hall–Kier alpha value is -2.33. The van der Waals surface area contributed by atoms with Gasteiger partial charge < -0.3 is 9.64 Å². The van der Waals surface area contributed by atoms with Crippen LogP contribution in [0.4, 0.5) is 0 Å². The normalized spacial score (nSPS) is 11.6. The van der Waals surface area contributed by atoms with E-state index in [2.05, 4.69) is 4.74 Å². The summed E-state index contributed by atoms with van der Waals surface area (Å²) < 4.78 is 4.61. The van der Waals surface area contributed by atoms with Gasteiger partial charge in [0.25, 0.3) is 0 Å². The second-order valence-corrected chi connectivity index (χ2v) is 5.98. The van der Waals surface area contributed by atoms with E-state index in [1.54, 1.807) is 7.05 Å². The molecule has 0 aliphatic heterocycles. The Balaban J connectivity index is 2.22. The lowest BCUT2D eigenvalue weighted by Gasteiger charge is -2.22. The van der Waals surface area contributed by atoms with Crippen molar-refractivity contribution in [1.82, 2.24) is 4.90 Å². The minimum atomic E-state index is -0.436. The molecule has 126 valence electrons. The summed E-state index contributed by atoms with van der Waals surface area (Å²) in [6.07, 6.45) is 0.263. The molecule has 24 heavy (non-hydrogen) atoms. The van der Waals surface area contributed by atoms with Crippen molar-refractivity contribution >= 4 is 23.5 Å². The largest absolute Gasteiger partial charge is 0.468 e. The summed E-state index contributed by atoms with van der Waals surface area (Å²) in [5, 5.41) is 0.652. The molecule has 4 nitrogen and oxygen atoms in total. The van der Waals surface area contributed by atoms with Crippen LogP contribution < -0.4 is 0 Å². The highest BCUT2D eigenvalue weighted by atomic mass is 35.5. The third-order valence-corrected chi connectivity index (χ3v) is 4.12. The van der Waals surface area contributed by atoms with Gasteiger partial charge in [-0.05, 0) is 23.3 Å². The van der Waals surface area contributed by atoms with Gasteiger partial charge in [0.15, 0.2) is 0 Å². The number of rotatable bonds is 6. The molecule has 5 heteroatoms. The van der Waals surface area contributed by atoms with E-state index in [4.69, 9.17) is 11.6 Å². The maximum atomic E-state index is 12.5. The van der Waals surface area contributed by atoms with E-state index in [9.17, 15) is 9.59 Å². The molecule has 0 aromatic heterocycles. The molecule has 0 aliphatic rings. The van der Waals surface area contributed by atoms with E-state index in [-0.39, 0.29) is 24.8 Å². The Labute approximate surface area is 147 Å². The van der Waals surface area contributed by atoms with Crippen molar-refractivity contribution in [2.45, 2.75) is 12.3 Å². The fraction of sp³-hybridized carbons (Fsp3) is 0.263. The lowest BCUT2D eigenvalue weighted by molar-refractivity contribution is -0.146. The molecule has 2 aromatic rings. The van der Waals surface area contributed by atoms with Gasteiger partial charge in [0.2, 0.25) is 5.91 Å². The number of esters is 1. The van der Waals surface area contributed by atoms with Gasteiger partial charge in [0, 0.05) is 24.4 Å². The number of carbonyl (C=O) groups is 2. The number of carbonyl (C=O) groups excluding carboxylic acids is 2. The van der Waals surface area contributed by atoms with Gasteiger partial charge in [-0.15, -0.1) is 0 Å². The highest BCUT2D eigenvalue weighted by molar-refractivity contribution is 6.30. The molecule has 0 saturated carbocycles. The van der Waals surface area contributed by atoms with Gasteiger partial charge in [-0.1, -0.05) is 54.1 Å². The van der Waals surface area contributed by atoms with Crippen LogP contribution in [0.25, 0.3) is 0 Å². The van der Waals surface area contributed by atoms with E-state index in [0.717, 1.165) is 11.1 Å². The molecule has 0 fully saturated rings. The molecule has 0 bridgehead atoms. The lowest BCUT2D eigenvalue weighted by atomic mass is 9.88. The molecule has 0 N–H and O–H groups in total. The Morgan fingerprint density at radius 1 is 1.04 bits per heavy atom. The Bertz CT molecular complexity index is 686. The number of hydrogen-bond acceptors (Lipinski definition) is 3. The molecule has 0 aliphatic carbocycles. The van der Waals surface area contributed by atoms with Gasteiger partial charge in [0.05, 0.1) is 7.11 Å². The van der Waals surface area contributed by atoms with E-state index >= 15 is 0 Å². The van der Waals surface area contributed by atoms with E-state index in [0.29, 0.717) is 5.02 Å². The summed E-state index contributed by atoms with van der Waals surface area (Å²) in [7, 11) is 2.91. The van der Waals surface area contributed by atoms with Crippen LogP contribution in [0.1, 0.15) is 23.5 Å². The average Bonchev–Trinajstić information content (AvgIpc) is 2.61. The zero-order valence-corrected chi connectivity index (χ0v) is 14.5. The standard InChI is InChI=1S/C19H20ClNO3/c1-21(13-19(23)24-2)18(22)12-17(14-6-4-3-5-7-14)15-8-10-16(20)11-9-15/h3-11,17H,12-13H2,1-2H3/t17-/m1/s1. The van der Waals surface area contributed by atoms with Crippen LogP contribution in [-0.2, 0) is 14.3 Å². The summed E-state index contributed by atoms with van der Waals surface area (Å²) in [4.78, 5) is 25.3. The summed E-state index contributed by atoms with van der Waals surface area (Å²) in [5.74, 6) is -0.658. The minimum Gasteiger partial charge on any atom is -0.468 e. The van der Waals surface area contributed by atoms with Crippen molar-refractivity contribution in [1.29, 1.82) is 0 Å². The van der Waals surface area contributed by atoms with Crippen LogP contribution >= 0.6 is 11.6 Å². The monoisotopic (exact) mass is 345 g/mol. The van der Waals surface area contributed by atoms with Crippen LogP contribution in [0.3, 0.4) is 0 Å². The maximum absolute atomic E-state index is 12.5. The summed E-state index contributed by atoms with van der Waals surface area (Å²) >= 11 is 5.97. The van der Waals surface area contributed by atoms with Crippen LogP contribution in [-0.4, -0.2) is 37.5 Å². The molecule has 0 saturated heterocycles. The Kier molecular flexibility index (Phi) is 6.38. The first-order valence-corrected chi connectivity index (χ1v) is 8.00. The summed E-state index contributed by atoms with van der Waals surface area (Å²) in [6, 6.07) is 17.3. The van der Waals surface area contributed by atoms with Crippen molar-refractivity contribution in [3.05, 3.63) is 70.7 Å². The van der Waals surface area contributed by atoms with Crippen LogP contribution in [0.15, 0.2) is 54.6 Å². The second-order valence-electron chi connectivity index (χ2n) is 5.54. The molecule has 1 atom stereocenters. The average molecular weight is 346 g/mol. The van der Waals surface area contributed by atoms with Crippen LogP contribution in [0.5, 0.6) is 0 Å². The molecule has 1 amide bonds. The first-order chi connectivity index (χ1) is 11.5. The fourth-order valence-corrected chi connectivity index (χ4v) is 2.61. The smallest absolute Gasteiger partial charge is 0.325 e. The van der Waals surface area contributed by atoms with Gasteiger partial charge in [0.1, 0.15) is 6.54 Å². The quantitative estimate of drug-likeness (QED) is 0.753. The molecule has 0 radical (unpaired) electrons. The van der Waals surface area contributed by atoms with Crippen molar-refractivity contribution in [2.75, 3.05) is 20.7 Å². The summed E-state index contributed by atoms with van der Waals surface area (Å²) in [5.41, 5.74) is 2.05. The van der Waals surface area contributed by atoms with E-state index < -0.39 is 5.97 Å². The lowest BCUT2D eigenvalue weighted by Crippen LogP contribution is -2.33. The van der Waals surface area contributed by atoms with Crippen molar-refractivity contribution in [3.8, 4) is 0 Å². The third kappa shape index (κ3) is 4.83. The Morgan fingerprint density at radius 2 is 1.62 bits per heavy atom. The maximum Gasteiger partial charge on any atom is 0.325 e. The molecule has 0 spiro atoms. The SMILES string of the molecule is COC(=O)CN(C)C(=O)C[C@H](c1ccccc1)c1ccc(Cl)cc1. The van der Waals surface area contributed by atoms with Crippen molar-refractivity contribution < 1.29 is 14.3 Å². The highest BCUT2D eigenvalue weighted by Crippen LogP contribution is 2.29. The number of halogens is 1. The first kappa shape index (κ1) is 18.0. The topological polar surface area (TPSA) is 46.6 Å². The van der Waals surface area contributed by atoms with Crippen LogP contribution in [0.2, 0.25) is 5.02 Å². The predicted molar refractivity (Wildman–Crippen MR) is 94.0 cm³/mol. The third-order valence-electron chi connectivity index (χ3n) is 3.87. The number of benzene rings is 2. The highest BCUT2D eigenvalue weighted by Gasteiger charge is 2.21. The number of amides is 1. The van der Waals surface area contributed by atoms with Crippen molar-refractivity contribution in [3.63, 3.8) is 0 Å². The number of nitrogens with zero attached hydrogens (tertiary/aromatic N) is 1. The predicted octanol–water partition coefficient (Wildman–Crippen LogP) is 3.49. The van der Waals surface area contributed by atoms with Crippen molar-refractivity contribution in [2.24, 2.45) is 0 Å². The molecule has 2 aromatic carbocycles. The molecule has 0 unspecified atom stereocenters. The molecule has 2 rings (SSSR count). The van der Waals surface area contributed by atoms with Gasteiger partial charge in [-0.3, -0.25) is 9.59 Å². The zero-order valence-electron chi connectivity index (χ0n) is 13.7. The van der Waals surface area contributed by atoms with Gasteiger partial charge >= 0.3 is 5.97 Å². The van der Waals surface area contributed by atoms with E-state index in [1.807, 2.05) is 54.6 Å². The first-order valence-electron chi connectivity index (χ1n) is 7.62. The Morgan fingerprint density at radius 3 is 2.21 bits per heavy atom. The number of methoxy groups -OCH3 is 1. The molecular formula is C19H20ClNO3. The number of likely N-dealkylation sites (N-methyl/N-ethyl adjacent to an activating group) is 1. The molecule has 0 heterocycles. The number of ether oxygens (including phenoxy) is 1. The zero-order chi connectivity index (χ0) is 17.5. The van der Waals surface area contributed by atoms with Gasteiger partial charge in [-0.2, -0.15) is 0 Å². The number of hydrogen-bond donors (Lipinski definition) is 0.